The fourth-order valence-corrected chi connectivity index (χ4v) is 10.8. The first kappa shape index (κ1) is 20.6. The van der Waals surface area contributed by atoms with Crippen LogP contribution in [0.25, 0.3) is 11.1 Å². The van der Waals surface area contributed by atoms with E-state index in [0.29, 0.717) is 0 Å². The molecule has 4 aromatic carbocycles. The van der Waals surface area contributed by atoms with Crippen LogP contribution in [0.1, 0.15) is 5.56 Å². The van der Waals surface area contributed by atoms with E-state index in [9.17, 15) is 0 Å². The molecule has 3 heteroatoms. The number of aryl methyl sites for hydroxylation is 1. The monoisotopic (exact) mass is 434 g/mol. The quantitative estimate of drug-likeness (QED) is 0.400. The molecule has 0 bridgehead atoms. The van der Waals surface area contributed by atoms with E-state index < -0.39 is 8.07 Å². The van der Waals surface area contributed by atoms with Crippen molar-refractivity contribution in [3.05, 3.63) is 96.6 Å². The Morgan fingerprint density at radius 1 is 0.562 bits per heavy atom. The average Bonchev–Trinajstić information content (AvgIpc) is 3.11. The number of hydrogen-bond acceptors (Lipinski definition) is 2. The van der Waals surface area contributed by atoms with E-state index in [0.717, 1.165) is 0 Å². The van der Waals surface area contributed by atoms with Crippen LogP contribution in [0.5, 0.6) is 0 Å². The minimum Gasteiger partial charge on any atom is -0.378 e. The fraction of sp³-hybridized carbons (Fsp3) is 0.172. The maximum Gasteiger partial charge on any atom is 0.181 e. The Morgan fingerprint density at radius 2 is 1.09 bits per heavy atom. The van der Waals surface area contributed by atoms with Gasteiger partial charge in [0.25, 0.3) is 0 Å². The minimum atomic E-state index is -2.42. The summed E-state index contributed by atoms with van der Waals surface area (Å²) in [5.74, 6) is 0. The third kappa shape index (κ3) is 2.92. The number of nitrogens with zero attached hydrogens (tertiary/aromatic N) is 2. The van der Waals surface area contributed by atoms with Crippen molar-refractivity contribution in [3.8, 4) is 11.1 Å². The summed E-state index contributed by atoms with van der Waals surface area (Å²) in [5.41, 5.74) is 6.67. The molecule has 0 fully saturated rings. The maximum absolute atomic E-state index is 2.42. The molecule has 160 valence electrons. The molecule has 0 unspecified atom stereocenters. The molecule has 0 amide bonds. The van der Waals surface area contributed by atoms with Crippen LogP contribution < -0.4 is 30.5 Å². The lowest BCUT2D eigenvalue weighted by atomic mass is 10.0. The van der Waals surface area contributed by atoms with Gasteiger partial charge in [0.2, 0.25) is 0 Å². The zero-order valence-corrected chi connectivity index (χ0v) is 20.6. The van der Waals surface area contributed by atoms with E-state index in [1.54, 1.807) is 0 Å². The molecule has 0 N–H and O–H groups in total. The van der Waals surface area contributed by atoms with Crippen molar-refractivity contribution in [3.63, 3.8) is 0 Å². The van der Waals surface area contributed by atoms with Crippen LogP contribution >= 0.6 is 0 Å². The van der Waals surface area contributed by atoms with Crippen molar-refractivity contribution in [2.45, 2.75) is 6.92 Å². The molecule has 0 atom stereocenters. The SMILES string of the molecule is Cc1cc(N(C)C)cc2c1[Si](c1ccccc1)(c1ccccc1)c1ccc(N(C)C)cc1-2. The fourth-order valence-electron chi connectivity index (χ4n) is 5.37. The summed E-state index contributed by atoms with van der Waals surface area (Å²) in [6.07, 6.45) is 0. The van der Waals surface area contributed by atoms with E-state index in [1.807, 2.05) is 0 Å². The van der Waals surface area contributed by atoms with Gasteiger partial charge in [-0.15, -0.1) is 0 Å². The molecule has 0 saturated heterocycles. The van der Waals surface area contributed by atoms with Crippen LogP contribution in [0.15, 0.2) is 91.0 Å². The zero-order chi connectivity index (χ0) is 22.5. The summed E-state index contributed by atoms with van der Waals surface area (Å²) in [6, 6.07) is 34.3. The molecule has 1 heterocycles. The Morgan fingerprint density at radius 3 is 1.62 bits per heavy atom. The van der Waals surface area contributed by atoms with Gasteiger partial charge in [0.05, 0.1) is 0 Å². The molecule has 5 rings (SSSR count). The minimum absolute atomic E-state index is 1.24. The number of fused-ring (bicyclic) bond motifs is 3. The van der Waals surface area contributed by atoms with Crippen LogP contribution in [-0.2, 0) is 0 Å². The summed E-state index contributed by atoms with van der Waals surface area (Å²) in [4.78, 5) is 4.42. The van der Waals surface area contributed by atoms with Crippen LogP contribution in [-0.4, -0.2) is 36.3 Å². The molecule has 32 heavy (non-hydrogen) atoms. The first-order valence-corrected chi connectivity index (χ1v) is 13.2. The first-order chi connectivity index (χ1) is 15.4. The Hall–Kier alpha value is -3.30. The predicted molar refractivity (Wildman–Crippen MR) is 142 cm³/mol. The lowest BCUT2D eigenvalue weighted by Gasteiger charge is -2.33. The molecule has 2 nitrogen and oxygen atoms in total. The molecule has 1 aliphatic rings. The summed E-state index contributed by atoms with van der Waals surface area (Å²) in [6.45, 7) is 2.30. The van der Waals surface area contributed by atoms with Gasteiger partial charge in [-0.25, -0.2) is 0 Å². The standard InChI is InChI=1S/C29H30N2Si/c1-21-18-23(31(4)5)20-27-26-19-22(30(2)3)16-17-28(26)32(29(21)27,24-12-8-6-9-13-24)25-14-10-7-11-15-25/h6-20H,1-5H3. The second-order valence-electron chi connectivity index (χ2n) is 9.19. The Kier molecular flexibility index (Phi) is 4.94. The number of anilines is 2. The Balaban J connectivity index is 1.97. The molecule has 0 spiro atoms. The van der Waals surface area contributed by atoms with Gasteiger partial charge in [0.1, 0.15) is 0 Å². The van der Waals surface area contributed by atoms with Crippen molar-refractivity contribution in [2.75, 3.05) is 38.0 Å². The summed E-state index contributed by atoms with van der Waals surface area (Å²) >= 11 is 0. The number of rotatable bonds is 4. The van der Waals surface area contributed by atoms with E-state index in [2.05, 4.69) is 136 Å². The van der Waals surface area contributed by atoms with Crippen molar-refractivity contribution in [2.24, 2.45) is 0 Å². The van der Waals surface area contributed by atoms with Gasteiger partial charge >= 0.3 is 0 Å². The molecule has 0 aliphatic carbocycles. The largest absolute Gasteiger partial charge is 0.378 e. The highest BCUT2D eigenvalue weighted by molar-refractivity contribution is 7.22. The van der Waals surface area contributed by atoms with Gasteiger partial charge in [-0.3, -0.25) is 0 Å². The van der Waals surface area contributed by atoms with Gasteiger partial charge in [0.15, 0.2) is 8.07 Å². The zero-order valence-electron chi connectivity index (χ0n) is 19.6. The molecular weight excluding hydrogens is 404 g/mol. The third-order valence-electron chi connectivity index (χ3n) is 6.84. The van der Waals surface area contributed by atoms with E-state index >= 15 is 0 Å². The summed E-state index contributed by atoms with van der Waals surface area (Å²) in [5, 5.41) is 5.93. The highest BCUT2D eigenvalue weighted by Gasteiger charge is 2.49. The first-order valence-electron chi connectivity index (χ1n) is 11.2. The molecule has 0 radical (unpaired) electrons. The van der Waals surface area contributed by atoms with Crippen LogP contribution in [0.3, 0.4) is 0 Å². The van der Waals surface area contributed by atoms with Crippen molar-refractivity contribution in [1.29, 1.82) is 0 Å². The third-order valence-corrected chi connectivity index (χ3v) is 11.9. The van der Waals surface area contributed by atoms with Crippen molar-refractivity contribution >= 4 is 40.2 Å². The smallest absolute Gasteiger partial charge is 0.181 e. The highest BCUT2D eigenvalue weighted by Crippen LogP contribution is 2.34. The summed E-state index contributed by atoms with van der Waals surface area (Å²) < 4.78 is 0. The van der Waals surface area contributed by atoms with Crippen molar-refractivity contribution in [1.82, 2.24) is 0 Å². The summed E-state index contributed by atoms with van der Waals surface area (Å²) in [7, 11) is 6.09. The Bertz CT molecular complexity index is 1240. The molecule has 4 aromatic rings. The van der Waals surface area contributed by atoms with E-state index in [1.165, 1.54) is 48.8 Å². The normalized spacial score (nSPS) is 13.4. The predicted octanol–water partition coefficient (Wildman–Crippen LogP) is 3.48. The van der Waals surface area contributed by atoms with E-state index in [4.69, 9.17) is 0 Å². The van der Waals surface area contributed by atoms with Crippen LogP contribution in [0, 0.1) is 6.92 Å². The number of benzene rings is 4. The van der Waals surface area contributed by atoms with Gasteiger partial charge in [-0.1, -0.05) is 66.7 Å². The lowest BCUT2D eigenvalue weighted by Crippen LogP contribution is -2.73. The topological polar surface area (TPSA) is 6.48 Å². The van der Waals surface area contributed by atoms with Crippen LogP contribution in [0.4, 0.5) is 11.4 Å². The molecule has 1 aliphatic heterocycles. The molecular formula is C29H30N2Si. The van der Waals surface area contributed by atoms with Gasteiger partial charge in [-0.05, 0) is 68.6 Å². The van der Waals surface area contributed by atoms with Gasteiger partial charge < -0.3 is 9.80 Å². The number of hydrogen-bond donors (Lipinski definition) is 0. The van der Waals surface area contributed by atoms with Gasteiger partial charge in [0, 0.05) is 39.6 Å². The van der Waals surface area contributed by atoms with E-state index in [-0.39, 0.29) is 0 Å². The Labute approximate surface area is 192 Å². The average molecular weight is 435 g/mol. The second kappa shape index (κ2) is 7.68. The van der Waals surface area contributed by atoms with Crippen LogP contribution in [0.2, 0.25) is 0 Å². The lowest BCUT2D eigenvalue weighted by molar-refractivity contribution is 1.13. The highest BCUT2D eigenvalue weighted by atomic mass is 28.3. The molecule has 0 aromatic heterocycles. The maximum atomic E-state index is 2.41. The van der Waals surface area contributed by atoms with Gasteiger partial charge in [-0.2, -0.15) is 0 Å². The second-order valence-corrected chi connectivity index (χ2v) is 12.9. The van der Waals surface area contributed by atoms with Crippen molar-refractivity contribution < 1.29 is 0 Å². The molecule has 0 saturated carbocycles.